The predicted octanol–water partition coefficient (Wildman–Crippen LogP) is 5.27. The second kappa shape index (κ2) is 10.2. The maximum absolute atomic E-state index is 13.1. The fourth-order valence-corrected chi connectivity index (χ4v) is 4.57. The summed E-state index contributed by atoms with van der Waals surface area (Å²) in [5.41, 5.74) is 1.77. The molecule has 0 bridgehead atoms. The number of thiophene rings is 1. The standard InChI is InChI=1S/C23H23FN2O3S/c1-2-3-12-29-23(28)20-18-6-4-5-7-19(18)30-22(20)26-21(27)16(14-25)13-15-8-10-17(24)11-9-15/h8-11,13H,2-7,12H2,1H3,(H,26,27)/b16-13+. The van der Waals surface area contributed by atoms with Gasteiger partial charge in [-0.2, -0.15) is 5.26 Å². The van der Waals surface area contributed by atoms with Gasteiger partial charge in [0.2, 0.25) is 0 Å². The molecule has 5 nitrogen and oxygen atoms in total. The van der Waals surface area contributed by atoms with Gasteiger partial charge in [0.25, 0.3) is 5.91 Å². The Morgan fingerprint density at radius 3 is 2.70 bits per heavy atom. The molecular formula is C23H23FN2O3S. The van der Waals surface area contributed by atoms with E-state index < -0.39 is 17.7 Å². The van der Waals surface area contributed by atoms with E-state index in [4.69, 9.17) is 4.74 Å². The van der Waals surface area contributed by atoms with E-state index in [1.807, 2.05) is 13.0 Å². The lowest BCUT2D eigenvalue weighted by atomic mass is 9.95. The van der Waals surface area contributed by atoms with Gasteiger partial charge in [0.05, 0.1) is 12.2 Å². The predicted molar refractivity (Wildman–Crippen MR) is 115 cm³/mol. The van der Waals surface area contributed by atoms with Crippen molar-refractivity contribution in [2.24, 2.45) is 0 Å². The summed E-state index contributed by atoms with van der Waals surface area (Å²) in [5.74, 6) is -1.44. The van der Waals surface area contributed by atoms with E-state index in [0.29, 0.717) is 22.7 Å². The molecule has 1 N–H and O–H groups in total. The molecule has 0 saturated heterocycles. The summed E-state index contributed by atoms with van der Waals surface area (Å²) in [4.78, 5) is 26.6. The van der Waals surface area contributed by atoms with Crippen LogP contribution in [0.2, 0.25) is 0 Å². The van der Waals surface area contributed by atoms with E-state index in [0.717, 1.165) is 49.0 Å². The number of anilines is 1. The summed E-state index contributed by atoms with van der Waals surface area (Å²) < 4.78 is 18.5. The number of fused-ring (bicyclic) bond motifs is 1. The smallest absolute Gasteiger partial charge is 0.341 e. The van der Waals surface area contributed by atoms with Crippen LogP contribution in [0.3, 0.4) is 0 Å². The van der Waals surface area contributed by atoms with Gasteiger partial charge in [0.15, 0.2) is 0 Å². The molecule has 0 aliphatic heterocycles. The first-order valence-electron chi connectivity index (χ1n) is 10.0. The Morgan fingerprint density at radius 2 is 2.00 bits per heavy atom. The molecule has 156 valence electrons. The molecule has 0 atom stereocenters. The summed E-state index contributed by atoms with van der Waals surface area (Å²) in [5, 5.41) is 12.6. The lowest BCUT2D eigenvalue weighted by Crippen LogP contribution is -2.17. The molecule has 30 heavy (non-hydrogen) atoms. The number of esters is 1. The van der Waals surface area contributed by atoms with Gasteiger partial charge in [0, 0.05) is 4.88 Å². The number of ether oxygens (including phenoxy) is 1. The van der Waals surface area contributed by atoms with Gasteiger partial charge >= 0.3 is 5.97 Å². The highest BCUT2D eigenvalue weighted by Gasteiger charge is 2.27. The molecule has 1 aromatic heterocycles. The Labute approximate surface area is 179 Å². The Morgan fingerprint density at radius 1 is 1.27 bits per heavy atom. The van der Waals surface area contributed by atoms with Gasteiger partial charge in [-0.15, -0.1) is 11.3 Å². The van der Waals surface area contributed by atoms with E-state index >= 15 is 0 Å². The van der Waals surface area contributed by atoms with Crippen molar-refractivity contribution in [1.82, 2.24) is 0 Å². The maximum atomic E-state index is 13.1. The fourth-order valence-electron chi connectivity index (χ4n) is 3.30. The second-order valence-electron chi connectivity index (χ2n) is 7.08. The van der Waals surface area contributed by atoms with Crippen molar-refractivity contribution in [3.8, 4) is 6.07 Å². The van der Waals surface area contributed by atoms with Crippen LogP contribution < -0.4 is 5.32 Å². The maximum Gasteiger partial charge on any atom is 0.341 e. The number of unbranched alkanes of at least 4 members (excludes halogenated alkanes) is 1. The van der Waals surface area contributed by atoms with Gasteiger partial charge in [-0.05, 0) is 61.4 Å². The summed E-state index contributed by atoms with van der Waals surface area (Å²) in [6.45, 7) is 2.35. The zero-order valence-electron chi connectivity index (χ0n) is 16.8. The minimum absolute atomic E-state index is 0.127. The Bertz CT molecular complexity index is 1000. The first-order chi connectivity index (χ1) is 14.5. The SMILES string of the molecule is CCCCOC(=O)c1c(NC(=O)/C(C#N)=C/c2ccc(F)cc2)sc2c1CCCC2. The normalized spacial score (nSPS) is 13.3. The molecular weight excluding hydrogens is 403 g/mol. The molecule has 0 saturated carbocycles. The van der Waals surface area contributed by atoms with Crippen LogP contribution >= 0.6 is 11.3 Å². The first kappa shape index (κ1) is 21.7. The van der Waals surface area contributed by atoms with Crippen LogP contribution in [0.25, 0.3) is 6.08 Å². The number of amides is 1. The lowest BCUT2D eigenvalue weighted by molar-refractivity contribution is -0.112. The molecule has 1 aromatic carbocycles. The molecule has 1 aliphatic carbocycles. The van der Waals surface area contributed by atoms with Gasteiger partial charge in [0.1, 0.15) is 22.5 Å². The number of hydrogen-bond acceptors (Lipinski definition) is 5. The van der Waals surface area contributed by atoms with Crippen LogP contribution in [0.5, 0.6) is 0 Å². The quantitative estimate of drug-likeness (QED) is 0.283. The van der Waals surface area contributed by atoms with Crippen molar-refractivity contribution < 1.29 is 18.7 Å². The summed E-state index contributed by atoms with van der Waals surface area (Å²) in [7, 11) is 0. The van der Waals surface area contributed by atoms with Crippen molar-refractivity contribution in [1.29, 1.82) is 5.26 Å². The number of hydrogen-bond donors (Lipinski definition) is 1. The Hall–Kier alpha value is -2.98. The molecule has 7 heteroatoms. The highest BCUT2D eigenvalue weighted by Crippen LogP contribution is 2.38. The zero-order valence-corrected chi connectivity index (χ0v) is 17.6. The van der Waals surface area contributed by atoms with E-state index in [1.165, 1.54) is 41.7 Å². The largest absolute Gasteiger partial charge is 0.462 e. The molecule has 0 unspecified atom stereocenters. The van der Waals surface area contributed by atoms with Crippen LogP contribution in [0.15, 0.2) is 29.8 Å². The van der Waals surface area contributed by atoms with Gasteiger partial charge < -0.3 is 10.1 Å². The number of carbonyl (C=O) groups is 2. The third-order valence-electron chi connectivity index (χ3n) is 4.88. The van der Waals surface area contributed by atoms with Crippen molar-refractivity contribution >= 4 is 34.3 Å². The third kappa shape index (κ3) is 5.14. The van der Waals surface area contributed by atoms with Gasteiger partial charge in [-0.1, -0.05) is 25.5 Å². The monoisotopic (exact) mass is 426 g/mol. The zero-order chi connectivity index (χ0) is 21.5. The number of carbonyl (C=O) groups excluding carboxylic acids is 2. The number of benzene rings is 1. The van der Waals surface area contributed by atoms with E-state index in [-0.39, 0.29) is 5.57 Å². The Balaban J connectivity index is 1.86. The second-order valence-corrected chi connectivity index (χ2v) is 8.19. The van der Waals surface area contributed by atoms with Crippen LogP contribution in [0.1, 0.15) is 59.0 Å². The summed E-state index contributed by atoms with van der Waals surface area (Å²) in [6, 6.07) is 7.37. The highest BCUT2D eigenvalue weighted by atomic mass is 32.1. The van der Waals surface area contributed by atoms with Crippen molar-refractivity contribution in [2.75, 3.05) is 11.9 Å². The number of halogens is 1. The molecule has 0 spiro atoms. The fraction of sp³-hybridized carbons (Fsp3) is 0.348. The highest BCUT2D eigenvalue weighted by molar-refractivity contribution is 7.17. The van der Waals surface area contributed by atoms with Crippen LogP contribution in [-0.4, -0.2) is 18.5 Å². The molecule has 1 amide bonds. The molecule has 0 fully saturated rings. The van der Waals surface area contributed by atoms with Crippen molar-refractivity contribution in [3.63, 3.8) is 0 Å². The molecule has 0 radical (unpaired) electrons. The van der Waals surface area contributed by atoms with Crippen LogP contribution in [0.4, 0.5) is 9.39 Å². The summed E-state index contributed by atoms with van der Waals surface area (Å²) in [6.07, 6.45) is 6.75. The average molecular weight is 427 g/mol. The molecule has 2 aromatic rings. The van der Waals surface area contributed by atoms with Crippen molar-refractivity contribution in [2.45, 2.75) is 45.4 Å². The summed E-state index contributed by atoms with van der Waals surface area (Å²) >= 11 is 1.37. The van der Waals surface area contributed by atoms with Crippen LogP contribution in [0, 0.1) is 17.1 Å². The molecule has 1 aliphatic rings. The Kier molecular flexibility index (Phi) is 7.36. The number of rotatable bonds is 7. The minimum Gasteiger partial charge on any atom is -0.462 e. The number of aryl methyl sites for hydroxylation is 1. The molecule has 1 heterocycles. The lowest BCUT2D eigenvalue weighted by Gasteiger charge is -2.12. The topological polar surface area (TPSA) is 79.2 Å². The van der Waals surface area contributed by atoms with E-state index in [2.05, 4.69) is 5.32 Å². The number of nitrogens with one attached hydrogen (secondary N) is 1. The first-order valence-corrected chi connectivity index (χ1v) is 10.9. The average Bonchev–Trinajstić information content (AvgIpc) is 3.11. The van der Waals surface area contributed by atoms with Gasteiger partial charge in [-0.3, -0.25) is 4.79 Å². The van der Waals surface area contributed by atoms with Gasteiger partial charge in [-0.25, -0.2) is 9.18 Å². The minimum atomic E-state index is -0.608. The van der Waals surface area contributed by atoms with Crippen molar-refractivity contribution in [3.05, 3.63) is 57.2 Å². The number of nitriles is 1. The third-order valence-corrected chi connectivity index (χ3v) is 6.09. The van der Waals surface area contributed by atoms with E-state index in [1.54, 1.807) is 0 Å². The molecule has 3 rings (SSSR count). The number of nitrogens with zero attached hydrogens (tertiary/aromatic N) is 1. The van der Waals surface area contributed by atoms with Crippen LogP contribution in [-0.2, 0) is 22.4 Å². The van der Waals surface area contributed by atoms with E-state index in [9.17, 15) is 19.2 Å².